The number of nitrogens with one attached hydrogen (secondary N) is 1. The van der Waals surface area contributed by atoms with E-state index >= 15 is 0 Å². The van der Waals surface area contributed by atoms with Crippen LogP contribution in [0.25, 0.3) is 0 Å². The number of carbonyl (C=O) groups excluding carboxylic acids is 2. The maximum absolute atomic E-state index is 12.8. The van der Waals surface area contributed by atoms with Crippen molar-refractivity contribution in [3.8, 4) is 0 Å². The molecule has 1 saturated heterocycles. The minimum absolute atomic E-state index is 0.0489. The molecule has 2 fully saturated rings. The monoisotopic (exact) mass is 294 g/mol. The minimum Gasteiger partial charge on any atom is -0.342 e. The predicted octanol–water partition coefficient (Wildman–Crippen LogP) is 2.57. The van der Waals surface area contributed by atoms with Gasteiger partial charge in [0.1, 0.15) is 11.6 Å². The van der Waals surface area contributed by atoms with Gasteiger partial charge in [-0.3, -0.25) is 9.59 Å². The van der Waals surface area contributed by atoms with E-state index in [9.17, 15) is 9.59 Å². The van der Waals surface area contributed by atoms with Crippen molar-refractivity contribution in [2.24, 2.45) is 17.8 Å². The van der Waals surface area contributed by atoms with Gasteiger partial charge in [-0.05, 0) is 50.4 Å². The summed E-state index contributed by atoms with van der Waals surface area (Å²) in [5.41, 5.74) is -0.626. The maximum Gasteiger partial charge on any atom is 0.246 e. The zero-order valence-electron chi connectivity index (χ0n) is 14.1. The van der Waals surface area contributed by atoms with Gasteiger partial charge in [0.2, 0.25) is 11.8 Å². The van der Waals surface area contributed by atoms with Gasteiger partial charge in [0.05, 0.1) is 0 Å². The molecule has 0 spiro atoms. The van der Waals surface area contributed by atoms with E-state index in [0.29, 0.717) is 18.4 Å². The Kier molecular flexibility index (Phi) is 4.64. The average molecular weight is 294 g/mol. The summed E-state index contributed by atoms with van der Waals surface area (Å²) >= 11 is 0. The molecular weight excluding hydrogens is 264 g/mol. The lowest BCUT2D eigenvalue weighted by Crippen LogP contribution is -2.71. The van der Waals surface area contributed by atoms with Crippen molar-refractivity contribution in [3.63, 3.8) is 0 Å². The second kappa shape index (κ2) is 5.98. The van der Waals surface area contributed by atoms with Crippen molar-refractivity contribution in [2.75, 3.05) is 6.54 Å². The number of nitrogens with zero attached hydrogens (tertiary/aromatic N) is 1. The summed E-state index contributed by atoms with van der Waals surface area (Å²) in [5.74, 6) is 1.27. The highest BCUT2D eigenvalue weighted by molar-refractivity contribution is 6.00. The highest BCUT2D eigenvalue weighted by Crippen LogP contribution is 2.45. The Hall–Kier alpha value is -1.06. The second-order valence-electron chi connectivity index (χ2n) is 7.64. The van der Waals surface area contributed by atoms with Crippen LogP contribution in [-0.2, 0) is 9.59 Å². The first kappa shape index (κ1) is 16.3. The normalized spacial score (nSPS) is 30.2. The van der Waals surface area contributed by atoms with Gasteiger partial charge < -0.3 is 10.2 Å². The maximum atomic E-state index is 12.8. The van der Waals surface area contributed by atoms with Gasteiger partial charge in [0.15, 0.2) is 0 Å². The number of hydrogen-bond donors (Lipinski definition) is 1. The molecule has 1 saturated carbocycles. The first-order valence-electron chi connectivity index (χ1n) is 8.41. The van der Waals surface area contributed by atoms with Gasteiger partial charge in [-0.1, -0.05) is 27.7 Å². The molecule has 0 aromatic heterocycles. The molecule has 0 aromatic rings. The summed E-state index contributed by atoms with van der Waals surface area (Å²) in [6, 6.07) is -0.358. The number of rotatable bonds is 6. The Morgan fingerprint density at radius 3 is 2.33 bits per heavy atom. The van der Waals surface area contributed by atoms with E-state index in [1.807, 2.05) is 25.7 Å². The van der Waals surface area contributed by atoms with E-state index in [-0.39, 0.29) is 23.8 Å². The number of hydrogen-bond acceptors (Lipinski definition) is 2. The molecule has 1 aliphatic carbocycles. The topological polar surface area (TPSA) is 49.4 Å². The van der Waals surface area contributed by atoms with Gasteiger partial charge in [0, 0.05) is 6.54 Å². The van der Waals surface area contributed by atoms with Crippen LogP contribution in [0.3, 0.4) is 0 Å². The SMILES string of the molecule is CC(C)CCCN1C(=O)C(C(C)C)NC(=O)C1(C)C1CC1. The van der Waals surface area contributed by atoms with E-state index in [0.717, 1.165) is 25.7 Å². The van der Waals surface area contributed by atoms with Gasteiger partial charge in [0.25, 0.3) is 0 Å². The molecule has 1 aliphatic heterocycles. The minimum atomic E-state index is -0.626. The third kappa shape index (κ3) is 3.09. The quantitative estimate of drug-likeness (QED) is 0.818. The summed E-state index contributed by atoms with van der Waals surface area (Å²) in [6.07, 6.45) is 4.19. The second-order valence-corrected chi connectivity index (χ2v) is 7.64. The fraction of sp³-hybridized carbons (Fsp3) is 0.882. The molecule has 2 aliphatic rings. The van der Waals surface area contributed by atoms with Crippen LogP contribution in [0.5, 0.6) is 0 Å². The molecule has 4 nitrogen and oxygen atoms in total. The lowest BCUT2D eigenvalue weighted by atomic mass is 9.85. The van der Waals surface area contributed by atoms with Crippen molar-refractivity contribution in [1.82, 2.24) is 10.2 Å². The fourth-order valence-electron chi connectivity index (χ4n) is 3.37. The molecule has 2 amide bonds. The molecule has 2 rings (SSSR count). The first-order chi connectivity index (χ1) is 9.78. The third-order valence-corrected chi connectivity index (χ3v) is 5.04. The zero-order valence-corrected chi connectivity index (χ0v) is 14.1. The lowest BCUT2D eigenvalue weighted by Gasteiger charge is -2.47. The number of piperazine rings is 1. The van der Waals surface area contributed by atoms with E-state index in [1.165, 1.54) is 0 Å². The largest absolute Gasteiger partial charge is 0.342 e. The Morgan fingerprint density at radius 1 is 1.24 bits per heavy atom. The molecule has 0 radical (unpaired) electrons. The Bertz CT molecular complexity index is 415. The molecule has 21 heavy (non-hydrogen) atoms. The van der Waals surface area contributed by atoms with Crippen LogP contribution < -0.4 is 5.32 Å². The Labute approximate surface area is 128 Å². The molecule has 1 heterocycles. The van der Waals surface area contributed by atoms with Crippen molar-refractivity contribution in [2.45, 2.75) is 71.9 Å². The molecule has 4 heteroatoms. The molecule has 2 unspecified atom stereocenters. The van der Waals surface area contributed by atoms with Gasteiger partial charge >= 0.3 is 0 Å². The van der Waals surface area contributed by atoms with Crippen LogP contribution in [0.15, 0.2) is 0 Å². The molecule has 1 N–H and O–H groups in total. The average Bonchev–Trinajstić information content (AvgIpc) is 3.21. The van der Waals surface area contributed by atoms with Crippen molar-refractivity contribution >= 4 is 11.8 Å². The van der Waals surface area contributed by atoms with Crippen LogP contribution in [0.4, 0.5) is 0 Å². The van der Waals surface area contributed by atoms with Crippen molar-refractivity contribution in [3.05, 3.63) is 0 Å². The Morgan fingerprint density at radius 2 is 1.86 bits per heavy atom. The molecule has 0 bridgehead atoms. The number of amides is 2. The first-order valence-corrected chi connectivity index (χ1v) is 8.41. The van der Waals surface area contributed by atoms with Gasteiger partial charge in [-0.15, -0.1) is 0 Å². The van der Waals surface area contributed by atoms with Crippen LogP contribution in [0.2, 0.25) is 0 Å². The Balaban J connectivity index is 2.18. The molecule has 0 aromatic carbocycles. The van der Waals surface area contributed by atoms with Gasteiger partial charge in [-0.25, -0.2) is 0 Å². The van der Waals surface area contributed by atoms with E-state index in [2.05, 4.69) is 19.2 Å². The summed E-state index contributed by atoms with van der Waals surface area (Å²) in [5, 5.41) is 2.98. The molecule has 120 valence electrons. The number of carbonyl (C=O) groups is 2. The summed E-state index contributed by atoms with van der Waals surface area (Å²) in [4.78, 5) is 27.4. The molecular formula is C17H30N2O2. The van der Waals surface area contributed by atoms with Crippen LogP contribution >= 0.6 is 0 Å². The standard InChI is InChI=1S/C17H30N2O2/c1-11(2)7-6-10-19-15(20)14(12(3)4)18-16(21)17(19,5)13-8-9-13/h11-14H,6-10H2,1-5H3,(H,18,21). The van der Waals surface area contributed by atoms with Crippen LogP contribution in [0.1, 0.15) is 60.3 Å². The molecule has 2 atom stereocenters. The van der Waals surface area contributed by atoms with E-state index in [1.54, 1.807) is 0 Å². The van der Waals surface area contributed by atoms with Crippen molar-refractivity contribution in [1.29, 1.82) is 0 Å². The van der Waals surface area contributed by atoms with Crippen LogP contribution in [-0.4, -0.2) is 34.8 Å². The zero-order chi connectivity index (χ0) is 15.8. The predicted molar refractivity (Wildman–Crippen MR) is 83.7 cm³/mol. The summed E-state index contributed by atoms with van der Waals surface area (Å²) < 4.78 is 0. The van der Waals surface area contributed by atoms with E-state index in [4.69, 9.17) is 0 Å². The fourth-order valence-corrected chi connectivity index (χ4v) is 3.37. The lowest BCUT2D eigenvalue weighted by molar-refractivity contribution is -0.159. The van der Waals surface area contributed by atoms with Crippen LogP contribution in [0, 0.1) is 17.8 Å². The van der Waals surface area contributed by atoms with Gasteiger partial charge in [-0.2, -0.15) is 0 Å². The highest BCUT2D eigenvalue weighted by atomic mass is 16.2. The summed E-state index contributed by atoms with van der Waals surface area (Å²) in [6.45, 7) is 11.1. The smallest absolute Gasteiger partial charge is 0.246 e. The third-order valence-electron chi connectivity index (χ3n) is 5.04. The van der Waals surface area contributed by atoms with Crippen molar-refractivity contribution < 1.29 is 9.59 Å². The highest BCUT2D eigenvalue weighted by Gasteiger charge is 2.57. The van der Waals surface area contributed by atoms with E-state index < -0.39 is 5.54 Å². The summed E-state index contributed by atoms with van der Waals surface area (Å²) in [7, 11) is 0.